The summed E-state index contributed by atoms with van der Waals surface area (Å²) < 4.78 is 0. The van der Waals surface area contributed by atoms with Crippen LogP contribution >= 0.6 is 0 Å². The number of hydrogen-bond acceptors (Lipinski definition) is 2. The lowest BCUT2D eigenvalue weighted by Crippen LogP contribution is -2.56. The number of piperidine rings is 1. The Kier molecular flexibility index (Phi) is 4.55. The molecule has 2 N–H and O–H groups in total. The molecule has 0 bridgehead atoms. The van der Waals surface area contributed by atoms with E-state index in [4.69, 9.17) is 0 Å². The Bertz CT molecular complexity index is 385. The summed E-state index contributed by atoms with van der Waals surface area (Å²) in [6.07, 6.45) is 3.88. The van der Waals surface area contributed by atoms with Gasteiger partial charge in [-0.1, -0.05) is 20.8 Å². The van der Waals surface area contributed by atoms with Gasteiger partial charge in [0.05, 0.1) is 0 Å². The molecule has 2 aliphatic rings. The number of urea groups is 1. The quantitative estimate of drug-likeness (QED) is 0.816. The van der Waals surface area contributed by atoms with Crippen molar-refractivity contribution >= 4 is 12.0 Å². The number of carbonyl (C=O) groups excluding carboxylic acids is 1. The first-order valence-electron chi connectivity index (χ1n) is 7.71. The van der Waals surface area contributed by atoms with Crippen molar-refractivity contribution in [1.29, 1.82) is 0 Å². The number of rotatable bonds is 2. The highest BCUT2D eigenvalue weighted by Gasteiger charge is 2.39. The first-order valence-corrected chi connectivity index (χ1v) is 7.71. The van der Waals surface area contributed by atoms with Crippen LogP contribution in [0.25, 0.3) is 0 Å². The minimum atomic E-state index is -0.889. The molecule has 0 radical (unpaired) electrons. The molecular formula is C15H26N2O3. The van der Waals surface area contributed by atoms with Crippen molar-refractivity contribution in [3.05, 3.63) is 0 Å². The van der Waals surface area contributed by atoms with Crippen molar-refractivity contribution in [2.45, 2.75) is 58.5 Å². The average molecular weight is 282 g/mol. The highest BCUT2D eigenvalue weighted by atomic mass is 16.4. The van der Waals surface area contributed by atoms with E-state index in [1.54, 1.807) is 0 Å². The van der Waals surface area contributed by atoms with E-state index in [2.05, 4.69) is 19.2 Å². The summed E-state index contributed by atoms with van der Waals surface area (Å²) in [6, 6.07) is -0.697. The molecule has 2 rings (SSSR count). The SMILES string of the molecule is CC1CCC(NC(=O)N2CCCC(C)C2C(=O)O)C1C. The molecule has 5 nitrogen and oxygen atoms in total. The van der Waals surface area contributed by atoms with Crippen molar-refractivity contribution in [2.24, 2.45) is 17.8 Å². The summed E-state index contributed by atoms with van der Waals surface area (Å²) in [7, 11) is 0. The van der Waals surface area contributed by atoms with E-state index in [-0.39, 0.29) is 18.0 Å². The van der Waals surface area contributed by atoms with Crippen molar-refractivity contribution in [3.8, 4) is 0 Å². The summed E-state index contributed by atoms with van der Waals surface area (Å²) in [4.78, 5) is 25.3. The molecule has 20 heavy (non-hydrogen) atoms. The Morgan fingerprint density at radius 3 is 2.35 bits per heavy atom. The highest BCUT2D eigenvalue weighted by Crippen LogP contribution is 2.31. The summed E-state index contributed by atoms with van der Waals surface area (Å²) in [5.74, 6) is 0.215. The van der Waals surface area contributed by atoms with Crippen LogP contribution in [0.1, 0.15) is 46.5 Å². The van der Waals surface area contributed by atoms with Crippen molar-refractivity contribution in [2.75, 3.05) is 6.54 Å². The van der Waals surface area contributed by atoms with Crippen LogP contribution in [0.5, 0.6) is 0 Å². The lowest BCUT2D eigenvalue weighted by atomic mass is 9.91. The number of amides is 2. The number of likely N-dealkylation sites (tertiary alicyclic amines) is 1. The zero-order valence-electron chi connectivity index (χ0n) is 12.6. The Balaban J connectivity index is 2.02. The number of carboxylic acids is 1. The predicted molar refractivity (Wildman–Crippen MR) is 76.4 cm³/mol. The first kappa shape index (κ1) is 15.1. The van der Waals surface area contributed by atoms with E-state index >= 15 is 0 Å². The van der Waals surface area contributed by atoms with Gasteiger partial charge in [-0.05, 0) is 43.4 Å². The molecule has 1 aliphatic heterocycles. The second kappa shape index (κ2) is 6.02. The van der Waals surface area contributed by atoms with E-state index < -0.39 is 12.0 Å². The normalized spacial score (nSPS) is 37.8. The fourth-order valence-electron chi connectivity index (χ4n) is 3.60. The second-order valence-corrected chi connectivity index (χ2v) is 6.57. The molecule has 1 saturated carbocycles. The van der Waals surface area contributed by atoms with Gasteiger partial charge in [0.25, 0.3) is 0 Å². The first-order chi connectivity index (χ1) is 9.41. The van der Waals surface area contributed by atoms with Gasteiger partial charge in [-0.15, -0.1) is 0 Å². The van der Waals surface area contributed by atoms with Gasteiger partial charge < -0.3 is 15.3 Å². The van der Waals surface area contributed by atoms with Crippen LogP contribution in [0.2, 0.25) is 0 Å². The molecule has 0 aromatic heterocycles. The molecule has 1 saturated heterocycles. The largest absolute Gasteiger partial charge is 0.480 e. The van der Waals surface area contributed by atoms with Gasteiger partial charge in [0.15, 0.2) is 0 Å². The fraction of sp³-hybridized carbons (Fsp3) is 0.867. The highest BCUT2D eigenvalue weighted by molar-refractivity contribution is 5.83. The van der Waals surface area contributed by atoms with Gasteiger partial charge in [-0.3, -0.25) is 0 Å². The molecule has 0 aromatic carbocycles. The second-order valence-electron chi connectivity index (χ2n) is 6.57. The Hall–Kier alpha value is -1.26. The average Bonchev–Trinajstić information content (AvgIpc) is 2.70. The molecule has 0 aromatic rings. The molecule has 5 atom stereocenters. The summed E-state index contributed by atoms with van der Waals surface area (Å²) in [5.41, 5.74) is 0. The van der Waals surface area contributed by atoms with Crippen LogP contribution in [0.3, 0.4) is 0 Å². The monoisotopic (exact) mass is 282 g/mol. The summed E-state index contributed by atoms with van der Waals surface area (Å²) in [6.45, 7) is 6.83. The number of nitrogens with zero attached hydrogens (tertiary/aromatic N) is 1. The van der Waals surface area contributed by atoms with Gasteiger partial charge in [-0.25, -0.2) is 9.59 Å². The van der Waals surface area contributed by atoms with E-state index in [9.17, 15) is 14.7 Å². The van der Waals surface area contributed by atoms with Crippen LogP contribution < -0.4 is 5.32 Å². The summed E-state index contributed by atoms with van der Waals surface area (Å²) >= 11 is 0. The van der Waals surface area contributed by atoms with Crippen LogP contribution in [0.15, 0.2) is 0 Å². The number of nitrogens with one attached hydrogen (secondary N) is 1. The van der Waals surface area contributed by atoms with Crippen molar-refractivity contribution in [1.82, 2.24) is 10.2 Å². The maximum atomic E-state index is 12.4. The minimum absolute atomic E-state index is 0.0203. The molecule has 1 aliphatic carbocycles. The van der Waals surface area contributed by atoms with Crippen molar-refractivity contribution < 1.29 is 14.7 Å². The molecular weight excluding hydrogens is 256 g/mol. The zero-order valence-corrected chi connectivity index (χ0v) is 12.6. The summed E-state index contributed by atoms with van der Waals surface area (Å²) in [5, 5.41) is 12.4. The Morgan fingerprint density at radius 2 is 1.80 bits per heavy atom. The number of carboxylic acid groups (broad SMARTS) is 1. The van der Waals surface area contributed by atoms with Gasteiger partial charge in [-0.2, -0.15) is 0 Å². The third kappa shape index (κ3) is 2.91. The predicted octanol–water partition coefficient (Wildman–Crippen LogP) is 2.32. The third-order valence-corrected chi connectivity index (χ3v) is 5.22. The van der Waals surface area contributed by atoms with Crippen molar-refractivity contribution in [3.63, 3.8) is 0 Å². The minimum Gasteiger partial charge on any atom is -0.480 e. The fourth-order valence-corrected chi connectivity index (χ4v) is 3.60. The number of aliphatic carboxylic acids is 1. The van der Waals surface area contributed by atoms with E-state index in [0.717, 1.165) is 25.7 Å². The number of carbonyl (C=O) groups is 2. The van der Waals surface area contributed by atoms with Crippen LogP contribution in [0, 0.1) is 17.8 Å². The molecule has 1 heterocycles. The topological polar surface area (TPSA) is 69.6 Å². The Morgan fingerprint density at radius 1 is 1.10 bits per heavy atom. The van der Waals surface area contributed by atoms with Crippen LogP contribution in [-0.4, -0.2) is 40.6 Å². The molecule has 5 unspecified atom stereocenters. The Labute approximate surface area is 120 Å². The van der Waals surface area contributed by atoms with Gasteiger partial charge >= 0.3 is 12.0 Å². The van der Waals surface area contributed by atoms with Crippen LogP contribution in [-0.2, 0) is 4.79 Å². The standard InChI is InChI=1S/C15H26N2O3/c1-9-6-7-12(11(9)3)16-15(20)17-8-4-5-10(2)13(17)14(18)19/h9-13H,4-8H2,1-3H3,(H,16,20)(H,18,19). The van der Waals surface area contributed by atoms with E-state index in [1.807, 2.05) is 6.92 Å². The smallest absolute Gasteiger partial charge is 0.326 e. The lowest BCUT2D eigenvalue weighted by Gasteiger charge is -2.38. The number of hydrogen-bond donors (Lipinski definition) is 2. The molecule has 2 fully saturated rings. The molecule has 0 spiro atoms. The third-order valence-electron chi connectivity index (χ3n) is 5.22. The van der Waals surface area contributed by atoms with Gasteiger partial charge in [0, 0.05) is 12.6 Å². The van der Waals surface area contributed by atoms with Gasteiger partial charge in [0.2, 0.25) is 0 Å². The van der Waals surface area contributed by atoms with E-state index in [1.165, 1.54) is 4.90 Å². The maximum absolute atomic E-state index is 12.4. The maximum Gasteiger partial charge on any atom is 0.326 e. The lowest BCUT2D eigenvalue weighted by molar-refractivity contribution is -0.145. The van der Waals surface area contributed by atoms with Crippen LogP contribution in [0.4, 0.5) is 4.79 Å². The zero-order chi connectivity index (χ0) is 14.9. The molecule has 5 heteroatoms. The van der Waals surface area contributed by atoms with Gasteiger partial charge in [0.1, 0.15) is 6.04 Å². The molecule has 2 amide bonds. The van der Waals surface area contributed by atoms with E-state index in [0.29, 0.717) is 18.4 Å². The molecule has 114 valence electrons.